The fourth-order valence-electron chi connectivity index (χ4n) is 1.78. The van der Waals surface area contributed by atoms with Crippen molar-refractivity contribution >= 4 is 27.5 Å². The maximum atomic E-state index is 13.1. The molecular formula is C15H10BrFN2O2. The molecule has 0 aliphatic heterocycles. The lowest BCUT2D eigenvalue weighted by atomic mass is 10.1. The summed E-state index contributed by atoms with van der Waals surface area (Å²) in [4.78, 5) is 12.3. The van der Waals surface area contributed by atoms with Gasteiger partial charge in [0.1, 0.15) is 23.3 Å². The van der Waals surface area contributed by atoms with E-state index in [9.17, 15) is 9.18 Å². The molecule has 0 spiro atoms. The van der Waals surface area contributed by atoms with E-state index in [-0.39, 0.29) is 16.8 Å². The molecule has 1 amide bonds. The predicted molar refractivity (Wildman–Crippen MR) is 79.8 cm³/mol. The Morgan fingerprint density at radius 1 is 1.38 bits per heavy atom. The van der Waals surface area contributed by atoms with Gasteiger partial charge in [-0.3, -0.25) is 4.79 Å². The van der Waals surface area contributed by atoms with E-state index in [1.165, 1.54) is 25.3 Å². The number of nitrogens with one attached hydrogen (secondary N) is 1. The van der Waals surface area contributed by atoms with Crippen LogP contribution in [-0.2, 0) is 0 Å². The molecule has 0 heterocycles. The average molecular weight is 349 g/mol. The van der Waals surface area contributed by atoms with Crippen LogP contribution >= 0.6 is 15.9 Å². The van der Waals surface area contributed by atoms with Crippen molar-refractivity contribution < 1.29 is 13.9 Å². The molecule has 4 nitrogen and oxygen atoms in total. The molecule has 1 N–H and O–H groups in total. The number of hydrogen-bond acceptors (Lipinski definition) is 3. The lowest BCUT2D eigenvalue weighted by Gasteiger charge is -2.12. The van der Waals surface area contributed by atoms with E-state index in [4.69, 9.17) is 10.00 Å². The van der Waals surface area contributed by atoms with Gasteiger partial charge in [0.2, 0.25) is 0 Å². The lowest BCUT2D eigenvalue weighted by molar-refractivity contribution is 0.102. The van der Waals surface area contributed by atoms with Crippen LogP contribution in [0.4, 0.5) is 10.1 Å². The number of para-hydroxylation sites is 1. The first-order valence-corrected chi connectivity index (χ1v) is 6.69. The van der Waals surface area contributed by atoms with Gasteiger partial charge in [0.25, 0.3) is 5.91 Å². The minimum Gasteiger partial charge on any atom is -0.495 e. The van der Waals surface area contributed by atoms with Crippen molar-refractivity contribution in [1.82, 2.24) is 0 Å². The molecule has 0 saturated carbocycles. The first-order valence-electron chi connectivity index (χ1n) is 5.90. The van der Waals surface area contributed by atoms with E-state index in [0.29, 0.717) is 10.2 Å². The van der Waals surface area contributed by atoms with Gasteiger partial charge in [0.05, 0.1) is 18.2 Å². The second kappa shape index (κ2) is 6.37. The van der Waals surface area contributed by atoms with Crippen molar-refractivity contribution in [2.24, 2.45) is 0 Å². The zero-order valence-electron chi connectivity index (χ0n) is 11.0. The Kier molecular flexibility index (Phi) is 4.55. The van der Waals surface area contributed by atoms with E-state index in [2.05, 4.69) is 21.2 Å². The van der Waals surface area contributed by atoms with Gasteiger partial charge >= 0.3 is 0 Å². The molecule has 2 aromatic carbocycles. The third kappa shape index (κ3) is 3.20. The van der Waals surface area contributed by atoms with Gasteiger partial charge in [-0.05, 0) is 46.3 Å². The van der Waals surface area contributed by atoms with Gasteiger partial charge in [0, 0.05) is 4.47 Å². The Labute approximate surface area is 129 Å². The second-order valence-electron chi connectivity index (χ2n) is 4.07. The average Bonchev–Trinajstić information content (AvgIpc) is 2.47. The molecule has 6 heteroatoms. The second-order valence-corrected chi connectivity index (χ2v) is 4.93. The van der Waals surface area contributed by atoms with Gasteiger partial charge in [-0.1, -0.05) is 6.07 Å². The number of amides is 1. The Morgan fingerprint density at radius 3 is 2.76 bits per heavy atom. The highest BCUT2D eigenvalue weighted by Gasteiger charge is 2.16. The zero-order valence-corrected chi connectivity index (χ0v) is 12.6. The number of methoxy groups -OCH3 is 1. The highest BCUT2D eigenvalue weighted by Crippen LogP contribution is 2.29. The molecule has 2 aromatic rings. The molecule has 21 heavy (non-hydrogen) atoms. The van der Waals surface area contributed by atoms with Crippen LogP contribution in [0.25, 0.3) is 0 Å². The lowest BCUT2D eigenvalue weighted by Crippen LogP contribution is -2.14. The standard InChI is InChI=1S/C15H10BrFN2O2/c1-21-13-4-2-3-9(8-18)14(13)19-15(20)11-6-5-10(17)7-12(11)16/h2-7H,1H3,(H,19,20). The van der Waals surface area contributed by atoms with Crippen LogP contribution in [0, 0.1) is 17.1 Å². The summed E-state index contributed by atoms with van der Waals surface area (Å²) in [5, 5.41) is 11.7. The van der Waals surface area contributed by atoms with E-state index < -0.39 is 11.7 Å². The van der Waals surface area contributed by atoms with Crippen molar-refractivity contribution in [1.29, 1.82) is 5.26 Å². The molecule has 0 atom stereocenters. The van der Waals surface area contributed by atoms with E-state index in [1.54, 1.807) is 18.2 Å². The van der Waals surface area contributed by atoms with Crippen molar-refractivity contribution in [2.45, 2.75) is 0 Å². The van der Waals surface area contributed by atoms with E-state index >= 15 is 0 Å². The highest BCUT2D eigenvalue weighted by atomic mass is 79.9. The number of nitrogens with zero attached hydrogens (tertiary/aromatic N) is 1. The third-order valence-corrected chi connectivity index (χ3v) is 3.44. The van der Waals surface area contributed by atoms with Crippen LogP contribution in [0.5, 0.6) is 5.75 Å². The monoisotopic (exact) mass is 348 g/mol. The van der Waals surface area contributed by atoms with Crippen molar-refractivity contribution in [3.63, 3.8) is 0 Å². The van der Waals surface area contributed by atoms with Crippen molar-refractivity contribution in [2.75, 3.05) is 12.4 Å². The summed E-state index contributed by atoms with van der Waals surface area (Å²) in [6, 6.07) is 10.6. The maximum Gasteiger partial charge on any atom is 0.256 e. The fraction of sp³-hybridized carbons (Fsp3) is 0.0667. The Hall–Kier alpha value is -2.39. The fourth-order valence-corrected chi connectivity index (χ4v) is 2.31. The topological polar surface area (TPSA) is 62.1 Å². The quantitative estimate of drug-likeness (QED) is 0.919. The summed E-state index contributed by atoms with van der Waals surface area (Å²) in [5.41, 5.74) is 0.816. The molecule has 2 rings (SSSR count). The smallest absolute Gasteiger partial charge is 0.256 e. The summed E-state index contributed by atoms with van der Waals surface area (Å²) in [6.45, 7) is 0. The number of carbonyl (C=O) groups is 1. The van der Waals surface area contributed by atoms with Gasteiger partial charge in [-0.2, -0.15) is 5.26 Å². The number of carbonyl (C=O) groups excluding carboxylic acids is 1. The molecule has 0 unspecified atom stereocenters. The minimum absolute atomic E-state index is 0.256. The molecule has 0 fully saturated rings. The number of ether oxygens (including phenoxy) is 1. The van der Waals surface area contributed by atoms with E-state index in [1.807, 2.05) is 6.07 Å². The van der Waals surface area contributed by atoms with Crippen molar-refractivity contribution in [3.8, 4) is 11.8 Å². The van der Waals surface area contributed by atoms with Gasteiger partial charge in [-0.25, -0.2) is 4.39 Å². The van der Waals surface area contributed by atoms with Crippen LogP contribution in [0.2, 0.25) is 0 Å². The largest absolute Gasteiger partial charge is 0.495 e. The molecule has 0 aliphatic carbocycles. The molecule has 106 valence electrons. The molecular weight excluding hydrogens is 339 g/mol. The van der Waals surface area contributed by atoms with Crippen LogP contribution in [0.3, 0.4) is 0 Å². The summed E-state index contributed by atoms with van der Waals surface area (Å²) < 4.78 is 18.5. The van der Waals surface area contributed by atoms with Crippen LogP contribution in [-0.4, -0.2) is 13.0 Å². The Bertz CT molecular complexity index is 741. The molecule has 0 bridgehead atoms. The normalized spacial score (nSPS) is 9.81. The molecule has 0 aromatic heterocycles. The van der Waals surface area contributed by atoms with Crippen LogP contribution in [0.1, 0.15) is 15.9 Å². The summed E-state index contributed by atoms with van der Waals surface area (Å²) in [5.74, 6) is -0.545. The summed E-state index contributed by atoms with van der Waals surface area (Å²) in [6.07, 6.45) is 0. The molecule has 0 aliphatic rings. The first kappa shape index (κ1) is 15.0. The van der Waals surface area contributed by atoms with Crippen molar-refractivity contribution in [3.05, 3.63) is 57.8 Å². The maximum absolute atomic E-state index is 13.1. The van der Waals surface area contributed by atoms with E-state index in [0.717, 1.165) is 0 Å². The van der Waals surface area contributed by atoms with Crippen LogP contribution < -0.4 is 10.1 Å². The first-order chi connectivity index (χ1) is 10.1. The number of halogens is 2. The highest BCUT2D eigenvalue weighted by molar-refractivity contribution is 9.10. The summed E-state index contributed by atoms with van der Waals surface area (Å²) >= 11 is 3.14. The van der Waals surface area contributed by atoms with Gasteiger partial charge < -0.3 is 10.1 Å². The number of nitriles is 1. The SMILES string of the molecule is COc1cccc(C#N)c1NC(=O)c1ccc(F)cc1Br. The third-order valence-electron chi connectivity index (χ3n) is 2.78. The van der Waals surface area contributed by atoms with Crippen LogP contribution in [0.15, 0.2) is 40.9 Å². The zero-order chi connectivity index (χ0) is 15.4. The van der Waals surface area contributed by atoms with Gasteiger partial charge in [-0.15, -0.1) is 0 Å². The number of benzene rings is 2. The van der Waals surface area contributed by atoms with Gasteiger partial charge in [0.15, 0.2) is 0 Å². The molecule has 0 radical (unpaired) electrons. The Morgan fingerprint density at radius 2 is 2.14 bits per heavy atom. The number of anilines is 1. The number of hydrogen-bond donors (Lipinski definition) is 1. The number of rotatable bonds is 3. The Balaban J connectivity index is 2.38. The predicted octanol–water partition coefficient (Wildman–Crippen LogP) is 3.72. The minimum atomic E-state index is -0.470. The molecule has 0 saturated heterocycles. The summed E-state index contributed by atoms with van der Waals surface area (Å²) in [7, 11) is 1.44.